The van der Waals surface area contributed by atoms with Gasteiger partial charge in [0.2, 0.25) is 0 Å². The molecule has 0 spiro atoms. The molecule has 0 heterocycles. The fourth-order valence-electron chi connectivity index (χ4n) is 1.38. The van der Waals surface area contributed by atoms with Crippen molar-refractivity contribution in [2.75, 3.05) is 13.7 Å². The number of carbonyl (C=O) groups is 1. The summed E-state index contributed by atoms with van der Waals surface area (Å²) < 4.78 is 5.01. The van der Waals surface area contributed by atoms with Gasteiger partial charge in [0, 0.05) is 0 Å². The maximum Gasteiger partial charge on any atom is 0.404 e. The lowest BCUT2D eigenvalue weighted by atomic mass is 10.1. The Bertz CT molecular complexity index is 336. The molecule has 0 fully saturated rings. The molecular formula is C11H15NO4. The summed E-state index contributed by atoms with van der Waals surface area (Å²) in [7, 11) is 1.58. The van der Waals surface area contributed by atoms with E-state index in [-0.39, 0.29) is 6.61 Å². The molecule has 1 unspecified atom stereocenters. The summed E-state index contributed by atoms with van der Waals surface area (Å²) in [6.45, 7) is -0.224. The predicted octanol–water partition coefficient (Wildman–Crippen LogP) is 0.866. The molecule has 5 heteroatoms. The van der Waals surface area contributed by atoms with Crippen LogP contribution in [0, 0.1) is 0 Å². The van der Waals surface area contributed by atoms with Gasteiger partial charge in [0.15, 0.2) is 0 Å². The smallest absolute Gasteiger partial charge is 0.404 e. The molecule has 3 N–H and O–H groups in total. The zero-order valence-electron chi connectivity index (χ0n) is 9.01. The van der Waals surface area contributed by atoms with Crippen molar-refractivity contribution in [1.29, 1.82) is 0 Å². The number of aliphatic hydroxyl groups is 1. The van der Waals surface area contributed by atoms with Gasteiger partial charge in [-0.2, -0.15) is 0 Å². The summed E-state index contributed by atoms with van der Waals surface area (Å²) in [5.74, 6) is 0.746. The maximum absolute atomic E-state index is 10.4. The van der Waals surface area contributed by atoms with Crippen LogP contribution in [0.4, 0.5) is 4.79 Å². The number of benzene rings is 1. The van der Waals surface area contributed by atoms with E-state index in [1.54, 1.807) is 19.2 Å². The van der Waals surface area contributed by atoms with Crippen molar-refractivity contribution in [2.45, 2.75) is 12.5 Å². The number of rotatable bonds is 5. The SMILES string of the molecule is COc1ccc(CC(CO)NC(=O)O)cc1. The Balaban J connectivity index is 2.59. The number of carboxylic acid groups (broad SMARTS) is 1. The average Bonchev–Trinajstić information content (AvgIpc) is 2.28. The minimum absolute atomic E-state index is 0.224. The summed E-state index contributed by atoms with van der Waals surface area (Å²) in [4.78, 5) is 10.4. The lowest BCUT2D eigenvalue weighted by molar-refractivity contribution is 0.177. The quantitative estimate of drug-likeness (QED) is 0.694. The van der Waals surface area contributed by atoms with Crippen molar-refractivity contribution < 1.29 is 19.7 Å². The first-order chi connectivity index (χ1) is 7.65. The van der Waals surface area contributed by atoms with Crippen molar-refractivity contribution >= 4 is 6.09 Å². The van der Waals surface area contributed by atoms with Gasteiger partial charge in [-0.05, 0) is 24.1 Å². The van der Waals surface area contributed by atoms with Gasteiger partial charge in [-0.25, -0.2) is 4.79 Å². The van der Waals surface area contributed by atoms with Crippen LogP contribution in [0.2, 0.25) is 0 Å². The second kappa shape index (κ2) is 5.97. The molecule has 1 atom stereocenters. The molecule has 0 aromatic heterocycles. The van der Waals surface area contributed by atoms with Crippen molar-refractivity contribution in [3.05, 3.63) is 29.8 Å². The first kappa shape index (κ1) is 12.3. The van der Waals surface area contributed by atoms with Crippen molar-refractivity contribution in [3.8, 4) is 5.75 Å². The number of methoxy groups -OCH3 is 1. The van der Waals surface area contributed by atoms with E-state index in [1.807, 2.05) is 12.1 Å². The van der Waals surface area contributed by atoms with E-state index in [2.05, 4.69) is 5.32 Å². The predicted molar refractivity (Wildman–Crippen MR) is 58.7 cm³/mol. The van der Waals surface area contributed by atoms with Gasteiger partial charge in [-0.15, -0.1) is 0 Å². The molecule has 0 aliphatic heterocycles. The zero-order chi connectivity index (χ0) is 12.0. The Labute approximate surface area is 93.7 Å². The number of ether oxygens (including phenoxy) is 1. The highest BCUT2D eigenvalue weighted by Gasteiger charge is 2.10. The van der Waals surface area contributed by atoms with E-state index in [1.165, 1.54) is 0 Å². The van der Waals surface area contributed by atoms with Gasteiger partial charge in [0.1, 0.15) is 5.75 Å². The Kier molecular flexibility index (Phi) is 4.60. The first-order valence-electron chi connectivity index (χ1n) is 4.89. The minimum atomic E-state index is -1.13. The van der Waals surface area contributed by atoms with Crippen LogP contribution >= 0.6 is 0 Å². The van der Waals surface area contributed by atoms with Gasteiger partial charge in [0.25, 0.3) is 0 Å². The number of hydrogen-bond acceptors (Lipinski definition) is 3. The lowest BCUT2D eigenvalue weighted by Gasteiger charge is -2.14. The van der Waals surface area contributed by atoms with Crippen LogP contribution in [-0.4, -0.2) is 36.1 Å². The van der Waals surface area contributed by atoms with E-state index in [0.717, 1.165) is 11.3 Å². The third kappa shape index (κ3) is 3.78. The third-order valence-electron chi connectivity index (χ3n) is 2.19. The second-order valence-corrected chi connectivity index (χ2v) is 3.38. The van der Waals surface area contributed by atoms with E-state index in [4.69, 9.17) is 14.9 Å². The molecule has 1 amide bonds. The van der Waals surface area contributed by atoms with Crippen LogP contribution < -0.4 is 10.1 Å². The highest BCUT2D eigenvalue weighted by Crippen LogP contribution is 2.12. The normalized spacial score (nSPS) is 11.9. The van der Waals surface area contributed by atoms with E-state index in [0.29, 0.717) is 6.42 Å². The van der Waals surface area contributed by atoms with Gasteiger partial charge < -0.3 is 20.3 Å². The van der Waals surface area contributed by atoms with Crippen LogP contribution in [-0.2, 0) is 6.42 Å². The number of amides is 1. The summed E-state index contributed by atoms with van der Waals surface area (Å²) in [5.41, 5.74) is 0.939. The molecule has 0 aliphatic carbocycles. The largest absolute Gasteiger partial charge is 0.497 e. The molecular weight excluding hydrogens is 210 g/mol. The third-order valence-corrected chi connectivity index (χ3v) is 2.19. The van der Waals surface area contributed by atoms with Crippen LogP contribution in [0.5, 0.6) is 5.75 Å². The molecule has 1 aromatic carbocycles. The molecule has 1 rings (SSSR count). The highest BCUT2D eigenvalue weighted by molar-refractivity contribution is 5.64. The van der Waals surface area contributed by atoms with Gasteiger partial charge in [-0.1, -0.05) is 12.1 Å². The summed E-state index contributed by atoms with van der Waals surface area (Å²) >= 11 is 0. The first-order valence-corrected chi connectivity index (χ1v) is 4.89. The van der Waals surface area contributed by atoms with Crippen LogP contribution in [0.25, 0.3) is 0 Å². The Morgan fingerprint density at radius 1 is 1.44 bits per heavy atom. The molecule has 0 bridgehead atoms. The van der Waals surface area contributed by atoms with E-state index < -0.39 is 12.1 Å². The topological polar surface area (TPSA) is 78.8 Å². The Morgan fingerprint density at radius 2 is 2.06 bits per heavy atom. The number of aliphatic hydroxyl groups excluding tert-OH is 1. The molecule has 0 aliphatic rings. The van der Waals surface area contributed by atoms with Gasteiger partial charge in [-0.3, -0.25) is 0 Å². The van der Waals surface area contributed by atoms with Crippen molar-refractivity contribution in [3.63, 3.8) is 0 Å². The summed E-state index contributed by atoms with van der Waals surface area (Å²) in [6, 6.07) is 6.79. The number of hydrogen-bond donors (Lipinski definition) is 3. The van der Waals surface area contributed by atoms with Gasteiger partial charge >= 0.3 is 6.09 Å². The van der Waals surface area contributed by atoms with Gasteiger partial charge in [0.05, 0.1) is 19.8 Å². The molecule has 5 nitrogen and oxygen atoms in total. The number of nitrogens with one attached hydrogen (secondary N) is 1. The summed E-state index contributed by atoms with van der Waals surface area (Å²) in [5, 5.41) is 19.8. The van der Waals surface area contributed by atoms with Crippen molar-refractivity contribution in [1.82, 2.24) is 5.32 Å². The molecule has 0 radical (unpaired) electrons. The van der Waals surface area contributed by atoms with E-state index in [9.17, 15) is 4.79 Å². The average molecular weight is 225 g/mol. The molecule has 0 saturated heterocycles. The molecule has 88 valence electrons. The molecule has 16 heavy (non-hydrogen) atoms. The Hall–Kier alpha value is -1.75. The standard InChI is InChI=1S/C11H15NO4/c1-16-10-4-2-8(3-5-10)6-9(7-13)12-11(14)15/h2-5,9,12-13H,6-7H2,1H3,(H,14,15). The second-order valence-electron chi connectivity index (χ2n) is 3.38. The Morgan fingerprint density at radius 3 is 2.50 bits per heavy atom. The highest BCUT2D eigenvalue weighted by atomic mass is 16.5. The fourth-order valence-corrected chi connectivity index (χ4v) is 1.38. The maximum atomic E-state index is 10.4. The fraction of sp³-hybridized carbons (Fsp3) is 0.364. The monoisotopic (exact) mass is 225 g/mol. The zero-order valence-corrected chi connectivity index (χ0v) is 9.01. The van der Waals surface area contributed by atoms with E-state index >= 15 is 0 Å². The van der Waals surface area contributed by atoms with Crippen LogP contribution in [0.1, 0.15) is 5.56 Å². The summed E-state index contributed by atoms with van der Waals surface area (Å²) in [6.07, 6.45) is -0.681. The molecule has 0 saturated carbocycles. The van der Waals surface area contributed by atoms with Crippen LogP contribution in [0.3, 0.4) is 0 Å². The van der Waals surface area contributed by atoms with Crippen LogP contribution in [0.15, 0.2) is 24.3 Å². The molecule has 1 aromatic rings. The minimum Gasteiger partial charge on any atom is -0.497 e. The van der Waals surface area contributed by atoms with Crippen molar-refractivity contribution in [2.24, 2.45) is 0 Å². The lowest BCUT2D eigenvalue weighted by Crippen LogP contribution is -2.38.